The van der Waals surface area contributed by atoms with E-state index in [2.05, 4.69) is 37.3 Å². The molecule has 4 rings (SSSR count). The van der Waals surface area contributed by atoms with Crippen LogP contribution in [0.25, 0.3) is 16.3 Å². The lowest BCUT2D eigenvalue weighted by Crippen LogP contribution is -2.14. The summed E-state index contributed by atoms with van der Waals surface area (Å²) in [6, 6.07) is 10.7. The fourth-order valence-corrected chi connectivity index (χ4v) is 4.31. The van der Waals surface area contributed by atoms with Gasteiger partial charge in [0.15, 0.2) is 0 Å². The number of halogens is 1. The van der Waals surface area contributed by atoms with Crippen LogP contribution < -0.4 is 0 Å². The van der Waals surface area contributed by atoms with Gasteiger partial charge in [-0.2, -0.15) is 0 Å². The normalized spacial score (nSPS) is 20.6. The molecule has 1 heteroatoms. The third kappa shape index (κ3) is 1.97. The summed E-state index contributed by atoms with van der Waals surface area (Å²) in [5.74, 6) is 0.736. The molecule has 2 aliphatic rings. The van der Waals surface area contributed by atoms with Gasteiger partial charge in [0.25, 0.3) is 0 Å². The zero-order valence-electron chi connectivity index (χ0n) is 12.3. The van der Waals surface area contributed by atoms with E-state index in [0.717, 1.165) is 17.4 Å². The summed E-state index contributed by atoms with van der Waals surface area (Å²) < 4.78 is 0. The van der Waals surface area contributed by atoms with Crippen LogP contribution in [0.5, 0.6) is 0 Å². The van der Waals surface area contributed by atoms with E-state index in [1.807, 2.05) is 12.1 Å². The molecular weight excluding hydrogens is 276 g/mol. The number of aryl methyl sites for hydroxylation is 1. The summed E-state index contributed by atoms with van der Waals surface area (Å²) in [5, 5.41) is 3.41. The minimum atomic E-state index is 0.736. The Morgan fingerprint density at radius 2 is 2.05 bits per heavy atom. The SMILES string of the molecule is CC[C@@H]1CC=CC2=C1CCc1c2ccc2cccc(Cl)c12. The molecular formula is C20H19Cl. The summed E-state index contributed by atoms with van der Waals surface area (Å²) >= 11 is 6.49. The standard InChI is InChI=1S/C20H19Cl/c1-2-13-5-3-7-16-15(13)11-12-18-17(16)10-9-14-6-4-8-19(21)20(14)18/h3-4,6-10,13H,2,5,11-12H2,1H3/t13-/m1/s1. The molecule has 0 amide bonds. The van der Waals surface area contributed by atoms with Gasteiger partial charge in [-0.15, -0.1) is 0 Å². The first-order valence-corrected chi connectivity index (χ1v) is 8.27. The van der Waals surface area contributed by atoms with Gasteiger partial charge in [-0.05, 0) is 59.8 Å². The van der Waals surface area contributed by atoms with Crippen LogP contribution >= 0.6 is 11.6 Å². The summed E-state index contributed by atoms with van der Waals surface area (Å²) in [6.07, 6.45) is 9.45. The minimum Gasteiger partial charge on any atom is -0.0837 e. The molecule has 0 bridgehead atoms. The van der Waals surface area contributed by atoms with Crippen molar-refractivity contribution in [1.29, 1.82) is 0 Å². The van der Waals surface area contributed by atoms with E-state index in [0.29, 0.717) is 0 Å². The van der Waals surface area contributed by atoms with Gasteiger partial charge in [0, 0.05) is 10.4 Å². The first-order chi connectivity index (χ1) is 10.3. The number of hydrogen-bond donors (Lipinski definition) is 0. The molecule has 0 saturated carbocycles. The van der Waals surface area contributed by atoms with Crippen LogP contribution in [0.2, 0.25) is 5.02 Å². The summed E-state index contributed by atoms with van der Waals surface area (Å²) in [7, 11) is 0. The van der Waals surface area contributed by atoms with Crippen LogP contribution in [0, 0.1) is 5.92 Å². The van der Waals surface area contributed by atoms with E-state index < -0.39 is 0 Å². The van der Waals surface area contributed by atoms with Gasteiger partial charge in [-0.25, -0.2) is 0 Å². The predicted molar refractivity (Wildman–Crippen MR) is 91.7 cm³/mol. The molecule has 0 nitrogen and oxygen atoms in total. The third-order valence-electron chi connectivity index (χ3n) is 5.07. The average molecular weight is 295 g/mol. The Labute approximate surface area is 131 Å². The van der Waals surface area contributed by atoms with Gasteiger partial charge in [0.05, 0.1) is 0 Å². The van der Waals surface area contributed by atoms with Crippen molar-refractivity contribution >= 4 is 27.9 Å². The zero-order valence-corrected chi connectivity index (χ0v) is 13.1. The molecule has 0 fully saturated rings. The van der Waals surface area contributed by atoms with E-state index in [9.17, 15) is 0 Å². The Morgan fingerprint density at radius 3 is 2.90 bits per heavy atom. The third-order valence-corrected chi connectivity index (χ3v) is 5.39. The van der Waals surface area contributed by atoms with Gasteiger partial charge in [-0.3, -0.25) is 0 Å². The second kappa shape index (κ2) is 5.03. The Morgan fingerprint density at radius 1 is 1.14 bits per heavy atom. The molecule has 0 radical (unpaired) electrons. The van der Waals surface area contributed by atoms with Crippen LogP contribution in [-0.2, 0) is 6.42 Å². The lowest BCUT2D eigenvalue weighted by molar-refractivity contribution is 0.569. The van der Waals surface area contributed by atoms with E-state index >= 15 is 0 Å². The summed E-state index contributed by atoms with van der Waals surface area (Å²) in [6.45, 7) is 2.31. The van der Waals surface area contributed by atoms with Crippen molar-refractivity contribution in [3.8, 4) is 0 Å². The molecule has 0 spiro atoms. The van der Waals surface area contributed by atoms with Crippen LogP contribution in [0.4, 0.5) is 0 Å². The van der Waals surface area contributed by atoms with Crippen molar-refractivity contribution in [3.05, 3.63) is 64.2 Å². The number of rotatable bonds is 1. The van der Waals surface area contributed by atoms with Crippen LogP contribution in [0.3, 0.4) is 0 Å². The molecule has 0 aliphatic heterocycles. The first kappa shape index (κ1) is 13.2. The largest absolute Gasteiger partial charge is 0.0837 e. The highest BCUT2D eigenvalue weighted by Crippen LogP contribution is 2.44. The highest BCUT2D eigenvalue weighted by atomic mass is 35.5. The summed E-state index contributed by atoms with van der Waals surface area (Å²) in [4.78, 5) is 0. The molecule has 0 N–H and O–H groups in total. The van der Waals surface area contributed by atoms with Gasteiger partial charge >= 0.3 is 0 Å². The van der Waals surface area contributed by atoms with Crippen molar-refractivity contribution in [2.75, 3.05) is 0 Å². The van der Waals surface area contributed by atoms with E-state index in [1.54, 1.807) is 5.57 Å². The maximum absolute atomic E-state index is 6.49. The maximum atomic E-state index is 6.49. The fraction of sp³-hybridized carbons (Fsp3) is 0.300. The molecule has 106 valence electrons. The van der Waals surface area contributed by atoms with Gasteiger partial charge in [-0.1, -0.05) is 60.5 Å². The predicted octanol–water partition coefficient (Wildman–Crippen LogP) is 6.18. The lowest BCUT2D eigenvalue weighted by Gasteiger charge is -2.30. The average Bonchev–Trinajstić information content (AvgIpc) is 2.53. The second-order valence-corrected chi connectivity index (χ2v) is 6.52. The monoisotopic (exact) mass is 294 g/mol. The molecule has 2 aromatic rings. The van der Waals surface area contributed by atoms with Gasteiger partial charge < -0.3 is 0 Å². The second-order valence-electron chi connectivity index (χ2n) is 6.11. The molecule has 1 atom stereocenters. The van der Waals surface area contributed by atoms with E-state index in [-0.39, 0.29) is 0 Å². The Balaban J connectivity index is 1.99. The van der Waals surface area contributed by atoms with Crippen LogP contribution in [0.1, 0.15) is 37.3 Å². The van der Waals surface area contributed by atoms with Crippen LogP contribution in [-0.4, -0.2) is 0 Å². The summed E-state index contributed by atoms with van der Waals surface area (Å²) in [5.41, 5.74) is 5.99. The molecule has 21 heavy (non-hydrogen) atoms. The molecule has 0 heterocycles. The smallest absolute Gasteiger partial charge is 0.0487 e. The van der Waals surface area contributed by atoms with Gasteiger partial charge in [0.2, 0.25) is 0 Å². The quantitative estimate of drug-likeness (QED) is 0.589. The molecule has 0 saturated heterocycles. The molecule has 2 aromatic carbocycles. The number of allylic oxidation sites excluding steroid dienone is 4. The lowest BCUT2D eigenvalue weighted by atomic mass is 9.74. The van der Waals surface area contributed by atoms with Crippen molar-refractivity contribution in [3.63, 3.8) is 0 Å². The Kier molecular flexibility index (Phi) is 3.15. The molecule has 0 unspecified atom stereocenters. The zero-order chi connectivity index (χ0) is 14.4. The Bertz CT molecular complexity index is 780. The number of benzene rings is 2. The van der Waals surface area contributed by atoms with Crippen LogP contribution in [0.15, 0.2) is 48.1 Å². The maximum Gasteiger partial charge on any atom is 0.0487 e. The number of fused-ring (bicyclic) bond motifs is 4. The van der Waals surface area contributed by atoms with Crippen molar-refractivity contribution in [1.82, 2.24) is 0 Å². The number of hydrogen-bond acceptors (Lipinski definition) is 0. The highest BCUT2D eigenvalue weighted by Gasteiger charge is 2.25. The van der Waals surface area contributed by atoms with Gasteiger partial charge in [0.1, 0.15) is 0 Å². The topological polar surface area (TPSA) is 0 Å². The van der Waals surface area contributed by atoms with Crippen molar-refractivity contribution < 1.29 is 0 Å². The van der Waals surface area contributed by atoms with Crippen molar-refractivity contribution in [2.24, 2.45) is 5.92 Å². The highest BCUT2D eigenvalue weighted by molar-refractivity contribution is 6.36. The van der Waals surface area contributed by atoms with Crippen molar-refractivity contribution in [2.45, 2.75) is 32.6 Å². The van der Waals surface area contributed by atoms with E-state index in [4.69, 9.17) is 11.6 Å². The first-order valence-electron chi connectivity index (χ1n) is 7.89. The minimum absolute atomic E-state index is 0.736. The van der Waals surface area contributed by atoms with E-state index in [1.165, 1.54) is 46.7 Å². The molecule has 0 aromatic heterocycles. The Hall–Kier alpha value is -1.53. The fourth-order valence-electron chi connectivity index (χ4n) is 4.01. The molecule has 2 aliphatic carbocycles.